The van der Waals surface area contributed by atoms with Crippen LogP contribution >= 0.6 is 0 Å². The largest absolute Gasteiger partial charge is 0.488 e. The van der Waals surface area contributed by atoms with E-state index in [0.29, 0.717) is 54.8 Å². The molecule has 0 unspecified atom stereocenters. The summed E-state index contributed by atoms with van der Waals surface area (Å²) < 4.78 is 54.6. The van der Waals surface area contributed by atoms with Crippen LogP contribution in [-0.2, 0) is 19.1 Å². The number of pyridine rings is 1. The van der Waals surface area contributed by atoms with E-state index in [1.165, 1.54) is 4.90 Å². The van der Waals surface area contributed by atoms with Crippen molar-refractivity contribution < 1.29 is 51.7 Å². The molecule has 1 aromatic heterocycles. The first kappa shape index (κ1) is 35.7. The lowest BCUT2D eigenvalue weighted by molar-refractivity contribution is -0.145. The zero-order valence-electron chi connectivity index (χ0n) is 27.4. The minimum absolute atomic E-state index is 0.0251. The lowest BCUT2D eigenvalue weighted by atomic mass is 10.0. The molecule has 0 radical (unpaired) electrons. The third-order valence-corrected chi connectivity index (χ3v) is 9.10. The highest BCUT2D eigenvalue weighted by atomic mass is 19.4. The highest BCUT2D eigenvalue weighted by Gasteiger charge is 2.61. The van der Waals surface area contributed by atoms with Crippen LogP contribution < -0.4 is 20.1 Å². The number of nitrogens with one attached hydrogen (secondary N) is 2. The van der Waals surface area contributed by atoms with Crippen molar-refractivity contribution in [2.24, 2.45) is 5.92 Å². The Balaban J connectivity index is 1.40. The molecule has 5 rings (SSSR count). The minimum Gasteiger partial charge on any atom is -0.488 e. The fraction of sp³-hybridized carbons (Fsp3) is 0.559. The Hall–Kier alpha value is -4.56. The molecule has 1 saturated heterocycles. The lowest BCUT2D eigenvalue weighted by Gasteiger charge is -2.27. The maximum Gasteiger partial charge on any atom is 0.407 e. The second kappa shape index (κ2) is 14.9. The zero-order valence-corrected chi connectivity index (χ0v) is 27.4. The molecule has 1 aromatic carbocycles. The number of benzene rings is 1. The van der Waals surface area contributed by atoms with Crippen molar-refractivity contribution in [3.63, 3.8) is 0 Å². The number of halogens is 3. The Morgan fingerprint density at radius 1 is 1.22 bits per heavy atom. The molecule has 3 aliphatic rings. The second-order valence-electron chi connectivity index (χ2n) is 12.7. The average molecular weight is 691 g/mol. The highest BCUT2D eigenvalue weighted by molar-refractivity contribution is 5.95. The van der Waals surface area contributed by atoms with Gasteiger partial charge in [0.25, 0.3) is 0 Å². The third kappa shape index (κ3) is 8.73. The van der Waals surface area contributed by atoms with Crippen molar-refractivity contribution in [3.8, 4) is 11.6 Å². The molecule has 1 saturated carbocycles. The Morgan fingerprint density at radius 3 is 2.76 bits per heavy atom. The molecule has 5 atom stereocenters. The van der Waals surface area contributed by atoms with E-state index in [-0.39, 0.29) is 25.8 Å². The van der Waals surface area contributed by atoms with E-state index in [2.05, 4.69) is 15.6 Å². The van der Waals surface area contributed by atoms with Gasteiger partial charge in [-0.05, 0) is 51.2 Å². The number of carboxylic acid groups (broad SMARTS) is 1. The fourth-order valence-electron chi connectivity index (χ4n) is 6.45. The van der Waals surface area contributed by atoms with Crippen LogP contribution in [-0.4, -0.2) is 88.5 Å². The normalized spacial score (nSPS) is 26.8. The third-order valence-electron chi connectivity index (χ3n) is 9.10. The predicted octanol–water partition coefficient (Wildman–Crippen LogP) is 4.82. The van der Waals surface area contributed by atoms with Gasteiger partial charge in [-0.1, -0.05) is 30.7 Å². The first-order valence-corrected chi connectivity index (χ1v) is 16.5. The van der Waals surface area contributed by atoms with Crippen LogP contribution in [0.2, 0.25) is 0 Å². The molecule has 12 nitrogen and oxygen atoms in total. The molecule has 0 bridgehead atoms. The zero-order chi connectivity index (χ0) is 35.3. The van der Waals surface area contributed by atoms with Gasteiger partial charge in [-0.15, -0.1) is 0 Å². The summed E-state index contributed by atoms with van der Waals surface area (Å²) in [4.78, 5) is 58.4. The molecule has 3 heterocycles. The van der Waals surface area contributed by atoms with Crippen molar-refractivity contribution in [1.82, 2.24) is 20.5 Å². The van der Waals surface area contributed by atoms with Crippen molar-refractivity contribution in [2.45, 2.75) is 95.1 Å². The van der Waals surface area contributed by atoms with Crippen molar-refractivity contribution in [2.75, 3.05) is 19.8 Å². The molecule has 3 N–H and O–H groups in total. The van der Waals surface area contributed by atoms with E-state index in [0.717, 1.165) is 5.56 Å². The number of rotatable bonds is 8. The van der Waals surface area contributed by atoms with Gasteiger partial charge in [0.15, 0.2) is 0 Å². The Labute approximate surface area is 281 Å². The van der Waals surface area contributed by atoms with Gasteiger partial charge in [0, 0.05) is 36.3 Å². The Bertz CT molecular complexity index is 1600. The molecular formula is C34H41F3N4O8. The van der Waals surface area contributed by atoms with Gasteiger partial charge < -0.3 is 34.9 Å². The first-order valence-electron chi connectivity index (χ1n) is 16.5. The number of nitrogens with zero attached hydrogens (tertiary/aromatic N) is 2. The lowest BCUT2D eigenvalue weighted by Crippen LogP contribution is -2.53. The fourth-order valence-corrected chi connectivity index (χ4v) is 6.45. The highest BCUT2D eigenvalue weighted by Crippen LogP contribution is 2.45. The van der Waals surface area contributed by atoms with Gasteiger partial charge in [0.1, 0.15) is 30.0 Å². The van der Waals surface area contributed by atoms with E-state index in [1.54, 1.807) is 12.1 Å². The van der Waals surface area contributed by atoms with Gasteiger partial charge in [-0.25, -0.2) is 14.6 Å². The number of aryl methyl sites for hydroxylation is 1. The summed E-state index contributed by atoms with van der Waals surface area (Å²) in [6.07, 6.45) is -1.82. The van der Waals surface area contributed by atoms with Gasteiger partial charge in [0.2, 0.25) is 17.7 Å². The number of carbonyl (C=O) groups excluding carboxylic acids is 3. The summed E-state index contributed by atoms with van der Waals surface area (Å²) in [5, 5.41) is 16.0. The van der Waals surface area contributed by atoms with Gasteiger partial charge in [-0.3, -0.25) is 9.59 Å². The number of hydrogen-bond acceptors (Lipinski definition) is 8. The molecule has 0 spiro atoms. The molecular weight excluding hydrogens is 649 g/mol. The molecule has 2 aromatic rings. The number of alkyl carbamates (subject to hydrolysis) is 1. The predicted molar refractivity (Wildman–Crippen MR) is 170 cm³/mol. The number of hydrogen-bond donors (Lipinski definition) is 3. The number of para-hydroxylation sites is 1. The number of carbonyl (C=O) groups is 4. The van der Waals surface area contributed by atoms with E-state index in [9.17, 15) is 37.5 Å². The number of aliphatic carboxylic acids is 1. The molecule has 2 aliphatic heterocycles. The monoisotopic (exact) mass is 690 g/mol. The molecule has 3 amide bonds. The molecule has 1 aliphatic carbocycles. The van der Waals surface area contributed by atoms with E-state index in [1.807, 2.05) is 38.1 Å². The maximum atomic E-state index is 13.9. The maximum absolute atomic E-state index is 13.9. The molecule has 266 valence electrons. The van der Waals surface area contributed by atoms with E-state index in [4.69, 9.17) is 14.2 Å². The topological polar surface area (TPSA) is 156 Å². The van der Waals surface area contributed by atoms with Crippen molar-refractivity contribution >= 4 is 34.8 Å². The summed E-state index contributed by atoms with van der Waals surface area (Å²) in [5.74, 6) is -1.96. The van der Waals surface area contributed by atoms with Crippen molar-refractivity contribution in [1.29, 1.82) is 0 Å². The van der Waals surface area contributed by atoms with E-state index >= 15 is 0 Å². The number of allylic oxidation sites excluding steroid dienone is 1. The number of fused-ring (bicyclic) bond motifs is 3. The second-order valence-corrected chi connectivity index (χ2v) is 12.7. The van der Waals surface area contributed by atoms with Gasteiger partial charge in [-0.2, -0.15) is 13.2 Å². The Morgan fingerprint density at radius 2 is 2.02 bits per heavy atom. The summed E-state index contributed by atoms with van der Waals surface area (Å²) in [7, 11) is 0. The standard InChI is InChI=1S/C34H41F3N4O8/c1-3-47-27-17-26(24-12-8-9-20(2)29(24)39-27)49-23-16-25-30(43)40-33(31(44)45)18-21(33)10-6-4-5-7-11-22(15-28(42)41(25)19-23)38-32(46)48-14-13-34(35,36)37/h6,8-10,12,17,21-23,25H,3-5,7,11,13-16,18-19H2,1-2H3,(H,38,46)(H,40,43)(H,44,45)/b10-6-/t21-,22-,23+,25-,33+/m0/s1. The van der Waals surface area contributed by atoms with Crippen LogP contribution in [0.15, 0.2) is 36.4 Å². The summed E-state index contributed by atoms with van der Waals surface area (Å²) in [6.45, 7) is 3.20. The van der Waals surface area contributed by atoms with E-state index < -0.39 is 72.7 Å². The number of alkyl halides is 3. The SMILES string of the molecule is CCOc1cc(O[C@@H]2C[C@H]3C(=O)N[C@]4(C(=O)O)C[C@@H]4/C=C\CCCC[C@H](NC(=O)OCCC(F)(F)F)CC(=O)N3C2)c2cccc(C)c2n1. The van der Waals surface area contributed by atoms with Crippen LogP contribution in [0.1, 0.15) is 63.9 Å². The summed E-state index contributed by atoms with van der Waals surface area (Å²) >= 11 is 0. The van der Waals surface area contributed by atoms with Gasteiger partial charge in [0.05, 0.1) is 25.1 Å². The minimum atomic E-state index is -4.50. The smallest absolute Gasteiger partial charge is 0.407 e. The number of aromatic nitrogens is 1. The first-order chi connectivity index (χ1) is 23.3. The number of carboxylic acids is 1. The van der Waals surface area contributed by atoms with Crippen LogP contribution in [0.25, 0.3) is 10.9 Å². The average Bonchev–Trinajstić information content (AvgIpc) is 3.55. The quantitative estimate of drug-likeness (QED) is 0.331. The Kier molecular flexibility index (Phi) is 10.9. The van der Waals surface area contributed by atoms with Crippen LogP contribution in [0.5, 0.6) is 11.6 Å². The number of ether oxygens (including phenoxy) is 3. The molecule has 49 heavy (non-hydrogen) atoms. The molecule has 2 fully saturated rings. The van der Waals surface area contributed by atoms with Crippen LogP contribution in [0, 0.1) is 12.8 Å². The van der Waals surface area contributed by atoms with Gasteiger partial charge >= 0.3 is 18.2 Å². The number of amides is 3. The molecule has 15 heteroatoms. The summed E-state index contributed by atoms with van der Waals surface area (Å²) in [6, 6.07) is 5.37. The van der Waals surface area contributed by atoms with Crippen molar-refractivity contribution in [3.05, 3.63) is 42.0 Å². The summed E-state index contributed by atoms with van der Waals surface area (Å²) in [5.41, 5.74) is 0.0640. The van der Waals surface area contributed by atoms with Crippen LogP contribution in [0.4, 0.5) is 18.0 Å². The van der Waals surface area contributed by atoms with Crippen LogP contribution in [0.3, 0.4) is 0 Å².